The molecule has 1 N–H and O–H groups in total. The highest BCUT2D eigenvalue weighted by molar-refractivity contribution is 6.18. The van der Waals surface area contributed by atoms with Gasteiger partial charge in [-0.2, -0.15) is 0 Å². The minimum atomic E-state index is -0.395. The van der Waals surface area contributed by atoms with Gasteiger partial charge in [0, 0.05) is 24.8 Å². The first-order chi connectivity index (χ1) is 14.0. The van der Waals surface area contributed by atoms with Gasteiger partial charge in [-0.05, 0) is 85.0 Å². The molecule has 1 aromatic rings. The predicted molar refractivity (Wildman–Crippen MR) is 116 cm³/mol. The lowest BCUT2D eigenvalue weighted by molar-refractivity contribution is -0.0226. The molecule has 1 amide bonds. The monoisotopic (exact) mass is 439 g/mol. The third-order valence-electron chi connectivity index (χ3n) is 7.82. The van der Waals surface area contributed by atoms with Crippen LogP contribution in [0.1, 0.15) is 56.1 Å². The molecule has 1 unspecified atom stereocenters. The largest absolute Gasteiger partial charge is 0.415 e. The highest BCUT2D eigenvalue weighted by atomic mass is 35.5. The van der Waals surface area contributed by atoms with Crippen LogP contribution in [0, 0.1) is 17.3 Å². The number of ether oxygens (including phenoxy) is 1. The molecule has 5 atom stereocenters. The zero-order chi connectivity index (χ0) is 20.6. The van der Waals surface area contributed by atoms with Crippen LogP contribution in [0.5, 0.6) is 5.75 Å². The molecular weight excluding hydrogens is 409 g/mol. The second kappa shape index (κ2) is 8.64. The molecule has 1 aromatic carbocycles. The third kappa shape index (κ3) is 3.88. The van der Waals surface area contributed by atoms with Gasteiger partial charge in [-0.3, -0.25) is 0 Å². The second-order valence-electron chi connectivity index (χ2n) is 9.15. The summed E-state index contributed by atoms with van der Waals surface area (Å²) >= 11 is 11.6. The van der Waals surface area contributed by atoms with Crippen molar-refractivity contribution in [2.45, 2.75) is 57.5 Å². The molecule has 160 valence electrons. The number of hydrogen-bond donors (Lipinski definition) is 1. The number of fused-ring (bicyclic) bond motifs is 5. The minimum Gasteiger partial charge on any atom is -0.410 e. The lowest BCUT2D eigenvalue weighted by Gasteiger charge is -2.50. The van der Waals surface area contributed by atoms with Crippen LogP contribution >= 0.6 is 23.2 Å². The molecule has 0 radical (unpaired) electrons. The molecule has 2 fully saturated rings. The number of alkyl halides is 2. The van der Waals surface area contributed by atoms with E-state index >= 15 is 0 Å². The molecule has 0 saturated heterocycles. The quantitative estimate of drug-likeness (QED) is 0.642. The van der Waals surface area contributed by atoms with Gasteiger partial charge in [0.05, 0.1) is 6.10 Å². The smallest absolute Gasteiger partial charge is 0.410 e. The molecule has 0 aliphatic heterocycles. The third-order valence-corrected chi connectivity index (χ3v) is 8.16. The molecular formula is C23H31Cl2NO3. The number of amides is 1. The molecule has 4 nitrogen and oxygen atoms in total. The zero-order valence-corrected chi connectivity index (χ0v) is 18.6. The lowest BCUT2D eigenvalue weighted by atomic mass is 9.55. The summed E-state index contributed by atoms with van der Waals surface area (Å²) in [6, 6.07) is 6.13. The van der Waals surface area contributed by atoms with Gasteiger partial charge in [0.2, 0.25) is 0 Å². The van der Waals surface area contributed by atoms with Gasteiger partial charge in [-0.1, -0.05) is 13.0 Å². The lowest BCUT2D eigenvalue weighted by Crippen LogP contribution is -2.43. The average molecular weight is 440 g/mol. The Bertz CT molecular complexity index is 752. The van der Waals surface area contributed by atoms with E-state index in [4.69, 9.17) is 27.9 Å². The highest BCUT2D eigenvalue weighted by Gasteiger charge is 2.54. The SMILES string of the molecule is C[C@]12CC[C@@H]3c4ccc(OC(=O)N(CCCl)CCCl)cc4CC[C@@H]3[C@H]1CCC2O. The first-order valence-corrected chi connectivity index (χ1v) is 11.9. The molecule has 3 aliphatic rings. The number of carbonyl (C=O) groups excluding carboxylic acids is 1. The van der Waals surface area contributed by atoms with Gasteiger partial charge < -0.3 is 14.7 Å². The van der Waals surface area contributed by atoms with E-state index in [0.29, 0.717) is 48.4 Å². The minimum absolute atomic E-state index is 0.0996. The van der Waals surface area contributed by atoms with Crippen LogP contribution in [-0.2, 0) is 6.42 Å². The summed E-state index contributed by atoms with van der Waals surface area (Å²) in [6.07, 6.45) is 5.98. The maximum atomic E-state index is 12.4. The van der Waals surface area contributed by atoms with Crippen LogP contribution in [0.15, 0.2) is 18.2 Å². The van der Waals surface area contributed by atoms with E-state index in [1.165, 1.54) is 11.1 Å². The number of aryl methyl sites for hydroxylation is 1. The first kappa shape index (κ1) is 21.3. The number of nitrogens with zero attached hydrogens (tertiary/aromatic N) is 1. The van der Waals surface area contributed by atoms with E-state index in [0.717, 1.165) is 38.5 Å². The van der Waals surface area contributed by atoms with E-state index in [1.807, 2.05) is 12.1 Å². The topological polar surface area (TPSA) is 49.8 Å². The van der Waals surface area contributed by atoms with Gasteiger partial charge in [0.25, 0.3) is 0 Å². The molecule has 0 bridgehead atoms. The summed E-state index contributed by atoms with van der Waals surface area (Å²) < 4.78 is 5.62. The Morgan fingerprint density at radius 3 is 2.69 bits per heavy atom. The van der Waals surface area contributed by atoms with E-state index < -0.39 is 6.09 Å². The Kier molecular flexibility index (Phi) is 6.34. The van der Waals surface area contributed by atoms with Crippen molar-refractivity contribution in [1.29, 1.82) is 0 Å². The number of aliphatic hydroxyl groups excluding tert-OH is 1. The molecule has 0 aromatic heterocycles. The molecule has 2 saturated carbocycles. The van der Waals surface area contributed by atoms with Crippen molar-refractivity contribution in [3.8, 4) is 5.75 Å². The first-order valence-electron chi connectivity index (χ1n) is 10.9. The molecule has 0 spiro atoms. The Morgan fingerprint density at radius 1 is 1.21 bits per heavy atom. The van der Waals surface area contributed by atoms with Gasteiger partial charge in [-0.15, -0.1) is 23.2 Å². The van der Waals surface area contributed by atoms with Crippen molar-refractivity contribution in [2.75, 3.05) is 24.8 Å². The average Bonchev–Trinajstić information content (AvgIpc) is 3.02. The number of halogens is 2. The van der Waals surface area contributed by atoms with E-state index in [9.17, 15) is 9.90 Å². The Balaban J connectivity index is 1.49. The standard InChI is InChI=1S/C23H31Cl2NO3/c1-23-9-8-18-17-5-3-16(29-22(28)26(12-10-24)13-11-25)14-15(17)2-4-19(18)20(23)6-7-21(23)27/h3,5,14,18-21,27H,2,4,6-13H2,1H3/t18-,19+,20-,21?,23+/m1/s1. The van der Waals surface area contributed by atoms with Crippen molar-refractivity contribution < 1.29 is 14.6 Å². The van der Waals surface area contributed by atoms with Crippen molar-refractivity contribution in [3.05, 3.63) is 29.3 Å². The number of benzene rings is 1. The van der Waals surface area contributed by atoms with Crippen molar-refractivity contribution in [3.63, 3.8) is 0 Å². The summed E-state index contributed by atoms with van der Waals surface area (Å²) in [6.45, 7) is 3.15. The molecule has 3 aliphatic carbocycles. The fourth-order valence-corrected chi connectivity index (χ4v) is 6.67. The Morgan fingerprint density at radius 2 is 1.97 bits per heavy atom. The van der Waals surface area contributed by atoms with Crippen LogP contribution in [0.25, 0.3) is 0 Å². The summed E-state index contributed by atoms with van der Waals surface area (Å²) in [4.78, 5) is 14.0. The van der Waals surface area contributed by atoms with E-state index in [-0.39, 0.29) is 11.5 Å². The predicted octanol–water partition coefficient (Wildman–Crippen LogP) is 5.18. The van der Waals surface area contributed by atoms with Gasteiger partial charge in [0.15, 0.2) is 0 Å². The normalized spacial score (nSPS) is 32.8. The maximum absolute atomic E-state index is 12.4. The fraction of sp³-hybridized carbons (Fsp3) is 0.696. The highest BCUT2D eigenvalue weighted by Crippen LogP contribution is 2.60. The number of hydrogen-bond acceptors (Lipinski definition) is 3. The molecule has 6 heteroatoms. The van der Waals surface area contributed by atoms with Crippen molar-refractivity contribution in [1.82, 2.24) is 4.90 Å². The molecule has 29 heavy (non-hydrogen) atoms. The Hall–Kier alpha value is -0.970. The Labute approximate surface area is 183 Å². The van der Waals surface area contributed by atoms with Gasteiger partial charge in [-0.25, -0.2) is 4.79 Å². The van der Waals surface area contributed by atoms with Gasteiger partial charge in [0.1, 0.15) is 5.75 Å². The summed E-state index contributed by atoms with van der Waals surface area (Å²) in [5.74, 6) is 3.16. The summed E-state index contributed by atoms with van der Waals surface area (Å²) in [7, 11) is 0. The number of rotatable bonds is 5. The van der Waals surface area contributed by atoms with Crippen molar-refractivity contribution in [2.24, 2.45) is 17.3 Å². The van der Waals surface area contributed by atoms with Crippen LogP contribution in [0.3, 0.4) is 0 Å². The maximum Gasteiger partial charge on any atom is 0.415 e. The summed E-state index contributed by atoms with van der Waals surface area (Å²) in [5.41, 5.74) is 2.82. The van der Waals surface area contributed by atoms with Crippen LogP contribution in [0.2, 0.25) is 0 Å². The van der Waals surface area contributed by atoms with Crippen LogP contribution in [-0.4, -0.2) is 47.1 Å². The second-order valence-corrected chi connectivity index (χ2v) is 9.90. The van der Waals surface area contributed by atoms with Gasteiger partial charge >= 0.3 is 6.09 Å². The number of carbonyl (C=O) groups is 1. The van der Waals surface area contributed by atoms with Crippen molar-refractivity contribution >= 4 is 29.3 Å². The molecule has 0 heterocycles. The fourth-order valence-electron chi connectivity index (χ4n) is 6.26. The van der Waals surface area contributed by atoms with Crippen LogP contribution < -0.4 is 4.74 Å². The van der Waals surface area contributed by atoms with Crippen LogP contribution in [0.4, 0.5) is 4.79 Å². The molecule has 4 rings (SSSR count). The zero-order valence-electron chi connectivity index (χ0n) is 17.1. The summed E-state index contributed by atoms with van der Waals surface area (Å²) in [5, 5.41) is 10.5. The van der Waals surface area contributed by atoms with E-state index in [2.05, 4.69) is 13.0 Å². The number of aliphatic hydroxyl groups is 1. The van der Waals surface area contributed by atoms with E-state index in [1.54, 1.807) is 4.90 Å².